The third kappa shape index (κ3) is 0.990. The Morgan fingerprint density at radius 3 is 2.73 bits per heavy atom. The first-order valence-electron chi connectivity index (χ1n) is 6.65. The van der Waals surface area contributed by atoms with Gasteiger partial charge in [-0.15, -0.1) is 0 Å². The van der Waals surface area contributed by atoms with E-state index in [9.17, 15) is 0 Å². The van der Waals surface area contributed by atoms with E-state index < -0.39 is 0 Å². The topological polar surface area (TPSA) is 0 Å². The van der Waals surface area contributed by atoms with E-state index in [4.69, 9.17) is 0 Å². The maximum Gasteiger partial charge on any atom is -0.0136 e. The maximum absolute atomic E-state index is 2.55. The van der Waals surface area contributed by atoms with Gasteiger partial charge in [0.2, 0.25) is 0 Å². The molecular weight excluding hydrogens is 180 g/mol. The molecular formula is C15H24. The zero-order chi connectivity index (χ0) is 10.8. The minimum absolute atomic E-state index is 0.602. The van der Waals surface area contributed by atoms with Gasteiger partial charge in [0, 0.05) is 0 Å². The van der Waals surface area contributed by atoms with Gasteiger partial charge in [0.05, 0.1) is 0 Å². The predicted octanol–water partition coefficient (Wildman–Crippen LogP) is 4.42. The van der Waals surface area contributed by atoms with Crippen LogP contribution >= 0.6 is 0 Å². The third-order valence-electron chi connectivity index (χ3n) is 6.10. The van der Waals surface area contributed by atoms with Gasteiger partial charge in [0.1, 0.15) is 0 Å². The summed E-state index contributed by atoms with van der Waals surface area (Å²) in [5, 5.41) is 0. The summed E-state index contributed by atoms with van der Waals surface area (Å²) in [6.07, 6.45) is 8.36. The Morgan fingerprint density at radius 2 is 2.00 bits per heavy atom. The Balaban J connectivity index is 2.08. The minimum atomic E-state index is 0.602. The molecule has 0 bridgehead atoms. The lowest BCUT2D eigenvalue weighted by molar-refractivity contribution is 0.114. The van der Waals surface area contributed by atoms with E-state index in [-0.39, 0.29) is 0 Å². The highest BCUT2D eigenvalue weighted by Crippen LogP contribution is 2.71. The SMILES string of the molecule is CC1=CCC23[C@H](CC[C@@H]2C)C(C)(C)C[C@@H]13. The van der Waals surface area contributed by atoms with Crippen molar-refractivity contribution in [1.82, 2.24) is 0 Å². The molecule has 0 aliphatic heterocycles. The second-order valence-corrected chi connectivity index (χ2v) is 7.04. The van der Waals surface area contributed by atoms with Crippen molar-refractivity contribution < 1.29 is 0 Å². The molecule has 2 saturated carbocycles. The number of hydrogen-bond donors (Lipinski definition) is 0. The Bertz CT molecular complexity index is 323. The highest BCUT2D eigenvalue weighted by Gasteiger charge is 2.64. The standard InChI is InChI=1S/C15H24/c1-10-7-8-15-11(2)5-6-13(15)14(3,4)9-12(10)15/h7,11-13H,5-6,8-9H2,1-4H3/t11-,12-,13+,15?/m0/s1. The smallest absolute Gasteiger partial charge is 0.0136 e. The number of hydrogen-bond acceptors (Lipinski definition) is 0. The first-order chi connectivity index (χ1) is 6.98. The van der Waals surface area contributed by atoms with E-state index in [1.54, 1.807) is 5.57 Å². The van der Waals surface area contributed by atoms with Crippen LogP contribution in [0.15, 0.2) is 11.6 Å². The fourth-order valence-electron chi connectivity index (χ4n) is 5.41. The van der Waals surface area contributed by atoms with Crippen molar-refractivity contribution in [3.05, 3.63) is 11.6 Å². The van der Waals surface area contributed by atoms with Gasteiger partial charge in [-0.25, -0.2) is 0 Å². The summed E-state index contributed by atoms with van der Waals surface area (Å²) in [6.45, 7) is 9.93. The van der Waals surface area contributed by atoms with Crippen LogP contribution < -0.4 is 0 Å². The molecule has 3 aliphatic carbocycles. The van der Waals surface area contributed by atoms with Crippen molar-refractivity contribution in [3.8, 4) is 0 Å². The van der Waals surface area contributed by atoms with Gasteiger partial charge >= 0.3 is 0 Å². The van der Waals surface area contributed by atoms with Gasteiger partial charge in [-0.2, -0.15) is 0 Å². The van der Waals surface area contributed by atoms with Crippen molar-refractivity contribution in [2.75, 3.05) is 0 Å². The van der Waals surface area contributed by atoms with Gasteiger partial charge in [0.15, 0.2) is 0 Å². The molecule has 0 aromatic carbocycles. The maximum atomic E-state index is 2.55. The lowest BCUT2D eigenvalue weighted by atomic mass is 9.66. The van der Waals surface area contributed by atoms with Crippen LogP contribution in [0.4, 0.5) is 0 Å². The zero-order valence-corrected chi connectivity index (χ0v) is 10.6. The number of rotatable bonds is 0. The highest BCUT2D eigenvalue weighted by atomic mass is 14.7. The van der Waals surface area contributed by atoms with Crippen molar-refractivity contribution in [2.24, 2.45) is 28.6 Å². The lowest BCUT2D eigenvalue weighted by Crippen LogP contribution is -2.32. The van der Waals surface area contributed by atoms with Crippen LogP contribution in [0.5, 0.6) is 0 Å². The summed E-state index contributed by atoms with van der Waals surface area (Å²) in [6, 6.07) is 0. The van der Waals surface area contributed by atoms with Crippen molar-refractivity contribution >= 4 is 0 Å². The summed E-state index contributed by atoms with van der Waals surface area (Å²) in [4.78, 5) is 0. The van der Waals surface area contributed by atoms with E-state index in [0.717, 1.165) is 17.8 Å². The molecule has 0 nitrogen and oxygen atoms in total. The molecule has 0 heteroatoms. The quantitative estimate of drug-likeness (QED) is 0.513. The summed E-state index contributed by atoms with van der Waals surface area (Å²) in [5.74, 6) is 2.89. The van der Waals surface area contributed by atoms with Gasteiger partial charge in [-0.3, -0.25) is 0 Å². The molecule has 3 aliphatic rings. The monoisotopic (exact) mass is 204 g/mol. The second kappa shape index (κ2) is 2.70. The van der Waals surface area contributed by atoms with Gasteiger partial charge in [0.25, 0.3) is 0 Å². The second-order valence-electron chi connectivity index (χ2n) is 7.04. The summed E-state index contributed by atoms with van der Waals surface area (Å²) < 4.78 is 0. The molecule has 2 fully saturated rings. The Hall–Kier alpha value is -0.260. The first-order valence-corrected chi connectivity index (χ1v) is 6.65. The Labute approximate surface area is 94.1 Å². The molecule has 0 N–H and O–H groups in total. The minimum Gasteiger partial charge on any atom is -0.0847 e. The third-order valence-corrected chi connectivity index (χ3v) is 6.10. The van der Waals surface area contributed by atoms with E-state index in [2.05, 4.69) is 33.8 Å². The van der Waals surface area contributed by atoms with E-state index >= 15 is 0 Å². The molecule has 0 amide bonds. The van der Waals surface area contributed by atoms with E-state index in [1.165, 1.54) is 25.7 Å². The Kier molecular flexibility index (Phi) is 1.79. The molecule has 84 valence electrons. The molecule has 3 rings (SSSR count). The zero-order valence-electron chi connectivity index (χ0n) is 10.6. The van der Waals surface area contributed by atoms with Crippen LogP contribution in [0, 0.1) is 28.6 Å². The van der Waals surface area contributed by atoms with E-state index in [1.807, 2.05) is 0 Å². The number of allylic oxidation sites excluding steroid dienone is 2. The van der Waals surface area contributed by atoms with E-state index in [0.29, 0.717) is 10.8 Å². The van der Waals surface area contributed by atoms with Crippen molar-refractivity contribution in [3.63, 3.8) is 0 Å². The van der Waals surface area contributed by atoms with Crippen molar-refractivity contribution in [1.29, 1.82) is 0 Å². The highest BCUT2D eigenvalue weighted by molar-refractivity contribution is 5.27. The first kappa shape index (κ1) is 9.93. The molecule has 15 heavy (non-hydrogen) atoms. The molecule has 4 atom stereocenters. The van der Waals surface area contributed by atoms with Crippen LogP contribution in [0.1, 0.15) is 53.4 Å². The molecule has 0 aromatic heterocycles. The van der Waals surface area contributed by atoms with Gasteiger partial charge < -0.3 is 0 Å². The summed E-state index contributed by atoms with van der Waals surface area (Å²) in [5.41, 5.74) is 3.00. The summed E-state index contributed by atoms with van der Waals surface area (Å²) >= 11 is 0. The van der Waals surface area contributed by atoms with Gasteiger partial charge in [-0.1, -0.05) is 32.4 Å². The Morgan fingerprint density at radius 1 is 1.27 bits per heavy atom. The van der Waals surface area contributed by atoms with Crippen LogP contribution in [-0.2, 0) is 0 Å². The molecule has 0 radical (unpaired) electrons. The fraction of sp³-hybridized carbons (Fsp3) is 0.867. The molecule has 1 unspecified atom stereocenters. The predicted molar refractivity (Wildman–Crippen MR) is 64.6 cm³/mol. The van der Waals surface area contributed by atoms with Crippen LogP contribution in [0.2, 0.25) is 0 Å². The normalized spacial score (nSPS) is 51.5. The largest absolute Gasteiger partial charge is 0.0847 e. The fourth-order valence-corrected chi connectivity index (χ4v) is 5.41. The summed E-state index contributed by atoms with van der Waals surface area (Å²) in [7, 11) is 0. The van der Waals surface area contributed by atoms with Crippen LogP contribution in [0.3, 0.4) is 0 Å². The van der Waals surface area contributed by atoms with Crippen molar-refractivity contribution in [2.45, 2.75) is 53.4 Å². The van der Waals surface area contributed by atoms with Crippen LogP contribution in [-0.4, -0.2) is 0 Å². The lowest BCUT2D eigenvalue weighted by Gasteiger charge is -2.37. The average molecular weight is 204 g/mol. The van der Waals surface area contributed by atoms with Gasteiger partial charge in [-0.05, 0) is 61.2 Å². The molecule has 0 saturated heterocycles. The van der Waals surface area contributed by atoms with Crippen LogP contribution in [0.25, 0.3) is 0 Å². The average Bonchev–Trinajstić information content (AvgIpc) is 2.70. The molecule has 0 heterocycles. The molecule has 0 aromatic rings. The molecule has 1 spiro atoms.